The van der Waals surface area contributed by atoms with E-state index < -0.39 is 24.7 Å². The van der Waals surface area contributed by atoms with Crippen LogP contribution in [-0.2, 0) is 14.8 Å². The van der Waals surface area contributed by atoms with Gasteiger partial charge in [-0.2, -0.15) is 8.78 Å². The first kappa shape index (κ1) is 30.5. The number of hydrogen-bond donors (Lipinski definition) is 2. The summed E-state index contributed by atoms with van der Waals surface area (Å²) in [5.74, 6) is 0.169. The second-order valence-electron chi connectivity index (χ2n) is 9.20. The summed E-state index contributed by atoms with van der Waals surface area (Å²) in [6, 6.07) is 19.4. The third-order valence-corrected chi connectivity index (χ3v) is 7.82. The molecule has 0 bridgehead atoms. The highest BCUT2D eigenvalue weighted by molar-refractivity contribution is 7.53. The summed E-state index contributed by atoms with van der Waals surface area (Å²) < 4.78 is 52.1. The number of hydrogen-bond acceptors (Lipinski definition) is 4. The zero-order valence-corrected chi connectivity index (χ0v) is 23.3. The van der Waals surface area contributed by atoms with Crippen molar-refractivity contribution in [3.63, 3.8) is 0 Å². The van der Waals surface area contributed by atoms with Gasteiger partial charge in [0.2, 0.25) is 0 Å². The monoisotopic (exact) mass is 559 g/mol. The molecule has 0 aliphatic heterocycles. The van der Waals surface area contributed by atoms with E-state index in [0.717, 1.165) is 29.4 Å². The molecule has 0 radical (unpaired) electrons. The van der Waals surface area contributed by atoms with Crippen LogP contribution in [0.25, 0.3) is 11.1 Å². The molecule has 210 valence electrons. The maximum absolute atomic E-state index is 14.8. The van der Waals surface area contributed by atoms with Crippen molar-refractivity contribution in [1.29, 1.82) is 0 Å². The Morgan fingerprint density at radius 3 is 2.10 bits per heavy atom. The van der Waals surface area contributed by atoms with E-state index >= 15 is 0 Å². The molecule has 0 heterocycles. The molecule has 6 nitrogen and oxygen atoms in total. The minimum atomic E-state index is -5.31. The van der Waals surface area contributed by atoms with Crippen LogP contribution in [0.1, 0.15) is 68.3 Å². The van der Waals surface area contributed by atoms with Gasteiger partial charge in [0.1, 0.15) is 5.75 Å². The SMILES string of the molecule is CCCCCCCCOc1ccc(-c2ccc(C(=O)Nc3ccccc3C(F)(F)P(=O)(O)OCC)cc2)cc1. The van der Waals surface area contributed by atoms with Gasteiger partial charge in [-0.15, -0.1) is 0 Å². The van der Waals surface area contributed by atoms with Gasteiger partial charge in [0.15, 0.2) is 0 Å². The Bertz CT molecular complexity index is 1250. The number of carbonyl (C=O) groups is 1. The average Bonchev–Trinajstić information content (AvgIpc) is 2.93. The first-order valence-electron chi connectivity index (χ1n) is 13.3. The Morgan fingerprint density at radius 1 is 0.872 bits per heavy atom. The van der Waals surface area contributed by atoms with Crippen LogP contribution in [-0.4, -0.2) is 24.0 Å². The third kappa shape index (κ3) is 8.21. The lowest BCUT2D eigenvalue weighted by Crippen LogP contribution is -2.20. The van der Waals surface area contributed by atoms with Crippen LogP contribution in [0.2, 0.25) is 0 Å². The van der Waals surface area contributed by atoms with Crippen LogP contribution in [0.5, 0.6) is 5.75 Å². The maximum Gasteiger partial charge on any atom is 0.401 e. The third-order valence-electron chi connectivity index (χ3n) is 6.26. The first-order chi connectivity index (χ1) is 18.7. The topological polar surface area (TPSA) is 84.9 Å². The molecule has 1 unspecified atom stereocenters. The molecule has 1 atom stereocenters. The first-order valence-corrected chi connectivity index (χ1v) is 14.9. The number of para-hydroxylation sites is 1. The predicted molar refractivity (Wildman–Crippen MR) is 150 cm³/mol. The van der Waals surface area contributed by atoms with Crippen LogP contribution in [0.4, 0.5) is 14.5 Å². The molecule has 3 aromatic carbocycles. The summed E-state index contributed by atoms with van der Waals surface area (Å²) in [4.78, 5) is 22.6. The molecule has 0 saturated carbocycles. The molecular formula is C30H36F2NO5P. The van der Waals surface area contributed by atoms with E-state index in [9.17, 15) is 23.0 Å². The van der Waals surface area contributed by atoms with Crippen molar-refractivity contribution in [2.45, 2.75) is 58.0 Å². The van der Waals surface area contributed by atoms with Gasteiger partial charge in [-0.25, -0.2) is 0 Å². The molecule has 0 aromatic heterocycles. The Balaban J connectivity index is 1.62. The number of carbonyl (C=O) groups excluding carboxylic acids is 1. The van der Waals surface area contributed by atoms with Gasteiger partial charge in [-0.1, -0.05) is 81.5 Å². The highest BCUT2D eigenvalue weighted by Gasteiger charge is 2.53. The maximum atomic E-state index is 14.8. The summed E-state index contributed by atoms with van der Waals surface area (Å²) >= 11 is 0. The molecule has 9 heteroatoms. The zero-order chi connectivity index (χ0) is 28.3. The van der Waals surface area contributed by atoms with Crippen molar-refractivity contribution in [2.75, 3.05) is 18.5 Å². The van der Waals surface area contributed by atoms with Gasteiger partial charge < -0.3 is 19.5 Å². The number of anilines is 1. The van der Waals surface area contributed by atoms with Crippen molar-refractivity contribution in [2.24, 2.45) is 0 Å². The van der Waals surface area contributed by atoms with Gasteiger partial charge in [0.25, 0.3) is 5.91 Å². The Morgan fingerprint density at radius 2 is 1.46 bits per heavy atom. The van der Waals surface area contributed by atoms with Gasteiger partial charge in [-0.05, 0) is 54.8 Å². The van der Waals surface area contributed by atoms with E-state index in [0.29, 0.717) is 6.61 Å². The van der Waals surface area contributed by atoms with E-state index in [1.807, 2.05) is 24.3 Å². The molecule has 0 fully saturated rings. The van der Waals surface area contributed by atoms with Crippen LogP contribution in [0.15, 0.2) is 72.8 Å². The second-order valence-corrected chi connectivity index (χ2v) is 11.1. The van der Waals surface area contributed by atoms with Crippen LogP contribution < -0.4 is 10.1 Å². The van der Waals surface area contributed by atoms with E-state index in [4.69, 9.17) is 4.74 Å². The molecule has 0 aliphatic rings. The van der Waals surface area contributed by atoms with Crippen LogP contribution >= 0.6 is 7.60 Å². The summed E-state index contributed by atoms with van der Waals surface area (Å²) in [5.41, 5.74) is -3.23. The standard InChI is InChI=1S/C30H36F2NO5P/c1-3-5-6-7-8-11-22-37-26-20-18-24(19-21-26)23-14-16-25(17-15-23)29(34)33-28-13-10-9-12-27(28)30(31,32)39(35,36)38-4-2/h9-10,12-21H,3-8,11,22H2,1-2H3,(H,33,34)(H,35,36). The molecule has 0 aliphatic carbocycles. The molecular weight excluding hydrogens is 523 g/mol. The van der Waals surface area contributed by atoms with Crippen molar-refractivity contribution < 1.29 is 32.3 Å². The van der Waals surface area contributed by atoms with Crippen molar-refractivity contribution in [1.82, 2.24) is 0 Å². The zero-order valence-electron chi connectivity index (χ0n) is 22.4. The van der Waals surface area contributed by atoms with Gasteiger partial charge in [-0.3, -0.25) is 9.36 Å². The van der Waals surface area contributed by atoms with Gasteiger partial charge in [0, 0.05) is 5.56 Å². The second kappa shape index (κ2) is 14.4. The minimum absolute atomic E-state index is 0.243. The lowest BCUT2D eigenvalue weighted by atomic mass is 10.0. The number of unbranched alkanes of at least 4 members (excludes halogenated alkanes) is 5. The Kier molecular flexibility index (Phi) is 11.2. The van der Waals surface area contributed by atoms with Crippen molar-refractivity contribution in [3.05, 3.63) is 83.9 Å². The number of halogens is 2. The molecule has 3 aromatic rings. The van der Waals surface area contributed by atoms with E-state index in [1.54, 1.807) is 24.3 Å². The van der Waals surface area contributed by atoms with Crippen molar-refractivity contribution in [3.8, 4) is 16.9 Å². The quantitative estimate of drug-likeness (QED) is 0.144. The van der Waals surface area contributed by atoms with Crippen LogP contribution in [0.3, 0.4) is 0 Å². The smallest absolute Gasteiger partial charge is 0.401 e. The lowest BCUT2D eigenvalue weighted by Gasteiger charge is -2.24. The summed E-state index contributed by atoms with van der Waals surface area (Å²) in [6.07, 6.45) is 7.23. The molecule has 1 amide bonds. The van der Waals surface area contributed by atoms with Gasteiger partial charge >= 0.3 is 13.3 Å². The molecule has 39 heavy (non-hydrogen) atoms. The number of nitrogens with one attached hydrogen (secondary N) is 1. The Hall–Kier alpha value is -3.06. The van der Waals surface area contributed by atoms with Crippen molar-refractivity contribution >= 4 is 19.2 Å². The van der Waals surface area contributed by atoms with E-state index in [2.05, 4.69) is 16.8 Å². The average molecular weight is 560 g/mol. The molecule has 3 rings (SSSR count). The number of alkyl halides is 2. The van der Waals surface area contributed by atoms with E-state index in [1.165, 1.54) is 57.2 Å². The predicted octanol–water partition coefficient (Wildman–Crippen LogP) is 8.62. The molecule has 2 N–H and O–H groups in total. The van der Waals surface area contributed by atoms with Gasteiger partial charge in [0.05, 0.1) is 24.5 Å². The fourth-order valence-electron chi connectivity index (χ4n) is 4.09. The summed E-state index contributed by atoms with van der Waals surface area (Å²) in [6.45, 7) is 3.87. The number of ether oxygens (including phenoxy) is 1. The lowest BCUT2D eigenvalue weighted by molar-refractivity contribution is 0.0472. The largest absolute Gasteiger partial charge is 0.494 e. The fraction of sp³-hybridized carbons (Fsp3) is 0.367. The minimum Gasteiger partial charge on any atom is -0.494 e. The number of amides is 1. The number of rotatable bonds is 15. The Labute approximate surface area is 228 Å². The van der Waals surface area contributed by atoms with Crippen LogP contribution in [0, 0.1) is 0 Å². The fourth-order valence-corrected chi connectivity index (χ4v) is 5.10. The summed E-state index contributed by atoms with van der Waals surface area (Å²) in [5, 5.41) is 2.43. The summed E-state index contributed by atoms with van der Waals surface area (Å²) in [7, 11) is -5.31. The highest BCUT2D eigenvalue weighted by Crippen LogP contribution is 2.64. The van der Waals surface area contributed by atoms with E-state index in [-0.39, 0.29) is 17.9 Å². The molecule has 0 spiro atoms. The normalized spacial score (nSPS) is 13.1. The number of benzene rings is 3. The highest BCUT2D eigenvalue weighted by atomic mass is 31.2. The molecule has 0 saturated heterocycles.